The van der Waals surface area contributed by atoms with E-state index in [1.165, 1.54) is 12.1 Å². The van der Waals surface area contributed by atoms with Gasteiger partial charge in [-0.05, 0) is 12.1 Å². The Bertz CT molecular complexity index is 383. The first-order valence-corrected chi connectivity index (χ1v) is 3.34. The molecule has 0 aromatic heterocycles. The van der Waals surface area contributed by atoms with E-state index in [9.17, 15) is 10.1 Å². The Morgan fingerprint density at radius 2 is 2.31 bits per heavy atom. The number of hydrogen-bond acceptors (Lipinski definition) is 5. The predicted octanol–water partition coefficient (Wildman–Crippen LogP) is 0.752. The minimum atomic E-state index is -0.601. The Morgan fingerprint density at radius 1 is 1.62 bits per heavy atom. The molecule has 0 aliphatic rings. The number of nitrogens with one attached hydrogen (secondary N) is 1. The number of nitro groups is 1. The Morgan fingerprint density at radius 3 is 2.77 bits per heavy atom. The van der Waals surface area contributed by atoms with Gasteiger partial charge in [-0.25, -0.2) is 0 Å². The summed E-state index contributed by atoms with van der Waals surface area (Å²) in [5, 5.41) is 18.9. The highest BCUT2D eigenvalue weighted by atomic mass is 16.6. The van der Waals surface area contributed by atoms with Gasteiger partial charge < -0.3 is 5.43 Å². The number of hydrogen-bond donors (Lipinski definition) is 2. The van der Waals surface area contributed by atoms with Crippen LogP contribution in [0.5, 0.6) is 0 Å². The Hall–Kier alpha value is -2.13. The molecule has 0 spiro atoms. The van der Waals surface area contributed by atoms with Crippen LogP contribution in [0, 0.1) is 21.4 Å². The average Bonchev–Trinajstić information content (AvgIpc) is 2.16. The van der Waals surface area contributed by atoms with Crippen LogP contribution in [0.2, 0.25) is 0 Å². The number of nitriles is 1. The van der Waals surface area contributed by atoms with E-state index in [2.05, 4.69) is 5.43 Å². The van der Waals surface area contributed by atoms with Gasteiger partial charge in [0.25, 0.3) is 5.69 Å². The molecule has 1 rings (SSSR count). The molecule has 66 valence electrons. The monoisotopic (exact) mass is 178 g/mol. The van der Waals surface area contributed by atoms with Crippen LogP contribution in [0.25, 0.3) is 0 Å². The molecule has 1 aromatic rings. The van der Waals surface area contributed by atoms with Gasteiger partial charge in [0, 0.05) is 6.07 Å². The summed E-state index contributed by atoms with van der Waals surface area (Å²) in [6.07, 6.45) is 0. The molecule has 0 bridgehead atoms. The number of nitro benzene ring substituents is 1. The van der Waals surface area contributed by atoms with Gasteiger partial charge in [-0.3, -0.25) is 16.0 Å². The summed E-state index contributed by atoms with van der Waals surface area (Å²) < 4.78 is 0. The highest BCUT2D eigenvalue weighted by Crippen LogP contribution is 2.23. The van der Waals surface area contributed by atoms with Crippen LogP contribution >= 0.6 is 0 Å². The summed E-state index contributed by atoms with van der Waals surface area (Å²) in [6, 6.07) is 5.79. The van der Waals surface area contributed by atoms with Crippen molar-refractivity contribution in [1.82, 2.24) is 0 Å². The summed E-state index contributed by atoms with van der Waals surface area (Å²) in [7, 11) is 0. The van der Waals surface area contributed by atoms with Crippen molar-refractivity contribution in [1.29, 1.82) is 5.26 Å². The van der Waals surface area contributed by atoms with Gasteiger partial charge in [-0.2, -0.15) is 5.26 Å². The van der Waals surface area contributed by atoms with E-state index in [0.717, 1.165) is 6.07 Å². The summed E-state index contributed by atoms with van der Waals surface area (Å²) in [5.41, 5.74) is 2.38. The maximum absolute atomic E-state index is 10.4. The van der Waals surface area contributed by atoms with E-state index in [1.807, 2.05) is 0 Å². The molecule has 0 aliphatic heterocycles. The normalized spacial score (nSPS) is 8.92. The van der Waals surface area contributed by atoms with Gasteiger partial charge in [-0.1, -0.05) is 0 Å². The van der Waals surface area contributed by atoms with Gasteiger partial charge in [0.05, 0.1) is 16.6 Å². The third-order valence-electron chi connectivity index (χ3n) is 1.48. The molecule has 0 radical (unpaired) electrons. The number of nitrogen functional groups attached to an aromatic ring is 1. The zero-order chi connectivity index (χ0) is 9.84. The van der Waals surface area contributed by atoms with Crippen LogP contribution in [0.3, 0.4) is 0 Å². The van der Waals surface area contributed by atoms with Crippen LogP contribution in [-0.2, 0) is 0 Å². The lowest BCUT2D eigenvalue weighted by atomic mass is 10.2. The van der Waals surface area contributed by atoms with E-state index >= 15 is 0 Å². The van der Waals surface area contributed by atoms with E-state index in [1.54, 1.807) is 6.07 Å². The molecule has 0 unspecified atom stereocenters. The van der Waals surface area contributed by atoms with Crippen molar-refractivity contribution < 1.29 is 4.92 Å². The zero-order valence-electron chi connectivity index (χ0n) is 6.52. The molecular weight excluding hydrogens is 172 g/mol. The van der Waals surface area contributed by atoms with Crippen molar-refractivity contribution in [3.8, 4) is 6.07 Å². The summed E-state index contributed by atoms with van der Waals surface area (Å²) in [5.74, 6) is 5.04. The van der Waals surface area contributed by atoms with Crippen molar-refractivity contribution >= 4 is 11.4 Å². The second kappa shape index (κ2) is 3.51. The lowest BCUT2D eigenvalue weighted by Gasteiger charge is -2.00. The van der Waals surface area contributed by atoms with Gasteiger partial charge in [0.1, 0.15) is 5.69 Å². The van der Waals surface area contributed by atoms with Crippen LogP contribution in [0.1, 0.15) is 5.56 Å². The summed E-state index contributed by atoms with van der Waals surface area (Å²) in [4.78, 5) is 9.85. The van der Waals surface area contributed by atoms with Crippen molar-refractivity contribution in [2.75, 3.05) is 5.43 Å². The average molecular weight is 178 g/mol. The number of anilines is 1. The maximum Gasteiger partial charge on any atom is 0.294 e. The fourth-order valence-corrected chi connectivity index (χ4v) is 0.874. The minimum absolute atomic E-state index is 0.184. The molecule has 0 aliphatic carbocycles. The van der Waals surface area contributed by atoms with Crippen LogP contribution in [0.4, 0.5) is 11.4 Å². The number of nitrogens with zero attached hydrogens (tertiary/aromatic N) is 2. The van der Waals surface area contributed by atoms with Gasteiger partial charge >= 0.3 is 0 Å². The van der Waals surface area contributed by atoms with Crippen molar-refractivity contribution in [2.45, 2.75) is 0 Å². The summed E-state index contributed by atoms with van der Waals surface area (Å²) in [6.45, 7) is 0. The number of nitrogens with two attached hydrogens (primary N) is 1. The van der Waals surface area contributed by atoms with Crippen LogP contribution in [-0.4, -0.2) is 4.92 Å². The topological polar surface area (TPSA) is 105 Å². The molecule has 0 atom stereocenters. The molecule has 6 heteroatoms. The van der Waals surface area contributed by atoms with E-state index in [4.69, 9.17) is 11.1 Å². The van der Waals surface area contributed by atoms with Crippen LogP contribution < -0.4 is 11.3 Å². The van der Waals surface area contributed by atoms with Crippen molar-refractivity contribution in [3.05, 3.63) is 33.9 Å². The predicted molar refractivity (Wildman–Crippen MR) is 45.6 cm³/mol. The second-order valence-electron chi connectivity index (χ2n) is 2.25. The molecule has 1 aromatic carbocycles. The van der Waals surface area contributed by atoms with Gasteiger partial charge in [0.15, 0.2) is 0 Å². The van der Waals surface area contributed by atoms with Crippen molar-refractivity contribution in [3.63, 3.8) is 0 Å². The standard InChI is InChI=1S/C7H6N4O2/c8-4-5-1-2-6(10-9)7(3-5)11(12)13/h1-3,10H,9H2. The summed E-state index contributed by atoms with van der Waals surface area (Å²) >= 11 is 0. The highest BCUT2D eigenvalue weighted by molar-refractivity contribution is 5.63. The van der Waals surface area contributed by atoms with E-state index in [0.29, 0.717) is 0 Å². The number of benzene rings is 1. The number of rotatable bonds is 2. The zero-order valence-corrected chi connectivity index (χ0v) is 6.52. The maximum atomic E-state index is 10.4. The minimum Gasteiger partial charge on any atom is -0.318 e. The second-order valence-corrected chi connectivity index (χ2v) is 2.25. The first kappa shape index (κ1) is 8.96. The highest BCUT2D eigenvalue weighted by Gasteiger charge is 2.12. The third kappa shape index (κ3) is 1.72. The quantitative estimate of drug-likeness (QED) is 0.395. The lowest BCUT2D eigenvalue weighted by Crippen LogP contribution is -2.08. The first-order valence-electron chi connectivity index (χ1n) is 3.34. The fourth-order valence-electron chi connectivity index (χ4n) is 0.874. The molecule has 0 fully saturated rings. The Labute approximate surface area is 73.7 Å². The largest absolute Gasteiger partial charge is 0.318 e. The Balaban J connectivity index is 3.28. The molecule has 0 saturated carbocycles. The lowest BCUT2D eigenvalue weighted by molar-refractivity contribution is -0.384. The molecule has 13 heavy (non-hydrogen) atoms. The van der Waals surface area contributed by atoms with Gasteiger partial charge in [-0.15, -0.1) is 0 Å². The molecule has 6 nitrogen and oxygen atoms in total. The Kier molecular flexibility index (Phi) is 2.42. The first-order chi connectivity index (χ1) is 6.19. The smallest absolute Gasteiger partial charge is 0.294 e. The third-order valence-corrected chi connectivity index (χ3v) is 1.48. The fraction of sp³-hybridized carbons (Fsp3) is 0. The number of hydrazine groups is 1. The van der Waals surface area contributed by atoms with Crippen LogP contribution in [0.15, 0.2) is 18.2 Å². The molecular formula is C7H6N4O2. The van der Waals surface area contributed by atoms with E-state index < -0.39 is 4.92 Å². The molecule has 0 saturated heterocycles. The molecule has 0 heterocycles. The van der Waals surface area contributed by atoms with Gasteiger partial charge in [0.2, 0.25) is 0 Å². The molecule has 3 N–H and O–H groups in total. The molecule has 0 amide bonds. The van der Waals surface area contributed by atoms with E-state index in [-0.39, 0.29) is 16.9 Å². The van der Waals surface area contributed by atoms with Crippen molar-refractivity contribution in [2.24, 2.45) is 5.84 Å². The SMILES string of the molecule is N#Cc1ccc(NN)c([N+](=O)[O-])c1.